The molecule has 156 valence electrons. The molecule has 0 bridgehead atoms. The van der Waals surface area contributed by atoms with E-state index in [2.05, 4.69) is 11.9 Å². The zero-order valence-corrected chi connectivity index (χ0v) is 17.1. The number of fused-ring (bicyclic) bond motifs is 1. The monoisotopic (exact) mass is 416 g/mol. The molecule has 6 nitrogen and oxygen atoms in total. The molecule has 1 amide bonds. The van der Waals surface area contributed by atoms with Crippen molar-refractivity contribution in [1.82, 2.24) is 9.47 Å². The second-order valence-electron chi connectivity index (χ2n) is 7.73. The largest absolute Gasteiger partial charge is 0.377 e. The van der Waals surface area contributed by atoms with E-state index in [1.54, 1.807) is 24.0 Å². The van der Waals surface area contributed by atoms with E-state index in [0.29, 0.717) is 29.9 Å². The van der Waals surface area contributed by atoms with E-state index in [1.165, 1.54) is 16.7 Å². The number of carbonyl (C=O) groups excluding carboxylic acids is 1. The van der Waals surface area contributed by atoms with Gasteiger partial charge in [-0.3, -0.25) is 9.59 Å². The number of hydrogen-bond donors (Lipinski definition) is 1. The van der Waals surface area contributed by atoms with Gasteiger partial charge in [0.15, 0.2) is 0 Å². The Hall–Kier alpha value is -3.92. The van der Waals surface area contributed by atoms with Crippen LogP contribution < -0.4 is 10.9 Å². The average Bonchev–Trinajstić information content (AvgIpc) is 2.73. The van der Waals surface area contributed by atoms with Gasteiger partial charge in [0.2, 0.25) is 5.91 Å². The van der Waals surface area contributed by atoms with Crippen molar-refractivity contribution >= 4 is 22.5 Å². The summed E-state index contributed by atoms with van der Waals surface area (Å²) in [5.74, 6) is -0.448. The van der Waals surface area contributed by atoms with Crippen LogP contribution in [0.2, 0.25) is 0 Å². The predicted octanol–water partition coefficient (Wildman–Crippen LogP) is 3.26. The number of nitrogens with zero attached hydrogens (tertiary/aromatic N) is 3. The van der Waals surface area contributed by atoms with E-state index in [1.807, 2.05) is 30.3 Å². The lowest BCUT2D eigenvalue weighted by Gasteiger charge is -2.40. The molecule has 2 aromatic carbocycles. The Labute approximate surface area is 178 Å². The van der Waals surface area contributed by atoms with E-state index >= 15 is 0 Å². The fourth-order valence-electron chi connectivity index (χ4n) is 3.80. The van der Waals surface area contributed by atoms with Gasteiger partial charge in [-0.2, -0.15) is 5.26 Å². The number of anilines is 1. The molecule has 0 unspecified atom stereocenters. The van der Waals surface area contributed by atoms with Crippen LogP contribution >= 0.6 is 0 Å². The standard InChI is InChI=1S/C24H21FN4O2/c1-15(2)23(30)28-13-18(14-28)27-22-19-5-3-4-6-21(19)29(24(31)20(22)11-26)12-16-7-9-17(25)10-8-16/h3-10,18,27H,1,12-14H2,2H3. The molecule has 3 aromatic rings. The van der Waals surface area contributed by atoms with Crippen LogP contribution in [-0.2, 0) is 11.3 Å². The van der Waals surface area contributed by atoms with Crippen molar-refractivity contribution in [2.24, 2.45) is 0 Å². The molecule has 1 aliphatic rings. The van der Waals surface area contributed by atoms with Crippen molar-refractivity contribution in [3.8, 4) is 6.07 Å². The number of nitrogens with one attached hydrogen (secondary N) is 1. The summed E-state index contributed by atoms with van der Waals surface area (Å²) in [6.07, 6.45) is 0. The van der Waals surface area contributed by atoms with Crippen molar-refractivity contribution in [2.45, 2.75) is 19.5 Å². The van der Waals surface area contributed by atoms with Crippen LogP contribution in [0.25, 0.3) is 10.9 Å². The van der Waals surface area contributed by atoms with Gasteiger partial charge in [-0.25, -0.2) is 4.39 Å². The summed E-state index contributed by atoms with van der Waals surface area (Å²) in [6.45, 7) is 6.52. The van der Waals surface area contributed by atoms with Crippen LogP contribution in [0.4, 0.5) is 10.1 Å². The second-order valence-corrected chi connectivity index (χ2v) is 7.73. The summed E-state index contributed by atoms with van der Waals surface area (Å²) in [6, 6.07) is 15.3. The third-order valence-electron chi connectivity index (χ3n) is 5.42. The van der Waals surface area contributed by atoms with Crippen LogP contribution in [0.3, 0.4) is 0 Å². The highest BCUT2D eigenvalue weighted by atomic mass is 19.1. The Morgan fingerprint density at radius 1 is 1.23 bits per heavy atom. The van der Waals surface area contributed by atoms with Gasteiger partial charge >= 0.3 is 0 Å². The summed E-state index contributed by atoms with van der Waals surface area (Å²) < 4.78 is 14.8. The summed E-state index contributed by atoms with van der Waals surface area (Å²) in [5, 5.41) is 13.8. The SMILES string of the molecule is C=C(C)C(=O)N1CC(Nc2c(C#N)c(=O)n(Cc3ccc(F)cc3)c3ccccc23)C1. The Kier molecular flexibility index (Phi) is 5.30. The van der Waals surface area contributed by atoms with Crippen LogP contribution in [0.1, 0.15) is 18.1 Å². The molecule has 1 aliphatic heterocycles. The average molecular weight is 416 g/mol. The first-order chi connectivity index (χ1) is 14.9. The lowest BCUT2D eigenvalue weighted by Crippen LogP contribution is -2.57. The first-order valence-corrected chi connectivity index (χ1v) is 9.90. The molecule has 0 aliphatic carbocycles. The minimum atomic E-state index is -0.415. The molecule has 1 fully saturated rings. The van der Waals surface area contributed by atoms with Gasteiger partial charge in [0.1, 0.15) is 17.4 Å². The second kappa shape index (κ2) is 8.07. The van der Waals surface area contributed by atoms with E-state index in [4.69, 9.17) is 0 Å². The van der Waals surface area contributed by atoms with Crippen molar-refractivity contribution in [1.29, 1.82) is 5.26 Å². The molecule has 0 atom stereocenters. The Morgan fingerprint density at radius 2 is 1.90 bits per heavy atom. The van der Waals surface area contributed by atoms with Crippen molar-refractivity contribution in [3.63, 3.8) is 0 Å². The van der Waals surface area contributed by atoms with E-state index in [9.17, 15) is 19.2 Å². The van der Waals surface area contributed by atoms with Gasteiger partial charge in [0, 0.05) is 24.0 Å². The maximum absolute atomic E-state index is 13.3. The number of para-hydroxylation sites is 1. The lowest BCUT2D eigenvalue weighted by molar-refractivity contribution is -0.130. The summed E-state index contributed by atoms with van der Waals surface area (Å²) >= 11 is 0. The summed E-state index contributed by atoms with van der Waals surface area (Å²) in [5.41, 5.74) is 1.99. The highest BCUT2D eigenvalue weighted by Crippen LogP contribution is 2.28. The summed E-state index contributed by atoms with van der Waals surface area (Å²) in [7, 11) is 0. The lowest BCUT2D eigenvalue weighted by atomic mass is 10.0. The first-order valence-electron chi connectivity index (χ1n) is 9.90. The molecule has 1 aromatic heterocycles. The number of aromatic nitrogens is 1. The minimum Gasteiger partial charge on any atom is -0.377 e. The third kappa shape index (κ3) is 3.80. The number of likely N-dealkylation sites (tertiary alicyclic amines) is 1. The highest BCUT2D eigenvalue weighted by Gasteiger charge is 2.32. The van der Waals surface area contributed by atoms with Crippen molar-refractivity contribution in [2.75, 3.05) is 18.4 Å². The maximum atomic E-state index is 13.3. The number of benzene rings is 2. The Balaban J connectivity index is 1.72. The molecule has 0 radical (unpaired) electrons. The molecule has 4 rings (SSSR count). The number of carbonyl (C=O) groups is 1. The van der Waals surface area contributed by atoms with Gasteiger partial charge in [-0.05, 0) is 30.7 Å². The van der Waals surface area contributed by atoms with Crippen LogP contribution in [0, 0.1) is 17.1 Å². The van der Waals surface area contributed by atoms with E-state index < -0.39 is 5.56 Å². The molecule has 31 heavy (non-hydrogen) atoms. The zero-order chi connectivity index (χ0) is 22.1. The van der Waals surface area contributed by atoms with Crippen LogP contribution in [0.5, 0.6) is 0 Å². The quantitative estimate of drug-likeness (QED) is 0.648. The molecular formula is C24H21FN4O2. The molecule has 1 N–H and O–H groups in total. The van der Waals surface area contributed by atoms with Gasteiger partial charge in [-0.15, -0.1) is 0 Å². The third-order valence-corrected chi connectivity index (χ3v) is 5.42. The molecule has 0 saturated carbocycles. The Morgan fingerprint density at radius 3 is 2.55 bits per heavy atom. The topological polar surface area (TPSA) is 78.1 Å². The van der Waals surface area contributed by atoms with Gasteiger partial charge in [0.25, 0.3) is 5.56 Å². The van der Waals surface area contributed by atoms with Crippen molar-refractivity contribution < 1.29 is 9.18 Å². The zero-order valence-electron chi connectivity index (χ0n) is 17.1. The number of amides is 1. The molecule has 7 heteroatoms. The smallest absolute Gasteiger partial charge is 0.271 e. The van der Waals surface area contributed by atoms with E-state index in [0.717, 1.165) is 10.9 Å². The van der Waals surface area contributed by atoms with Crippen LogP contribution in [0.15, 0.2) is 65.5 Å². The van der Waals surface area contributed by atoms with Crippen LogP contribution in [-0.4, -0.2) is 34.5 Å². The Bertz CT molecular complexity index is 1280. The highest BCUT2D eigenvalue weighted by molar-refractivity contribution is 5.95. The van der Waals surface area contributed by atoms with Gasteiger partial charge in [-0.1, -0.05) is 36.9 Å². The number of nitriles is 1. The number of pyridine rings is 1. The number of rotatable bonds is 5. The molecular weight excluding hydrogens is 395 g/mol. The van der Waals surface area contributed by atoms with Gasteiger partial charge in [0.05, 0.1) is 23.8 Å². The fraction of sp³-hybridized carbons (Fsp3) is 0.208. The maximum Gasteiger partial charge on any atom is 0.271 e. The molecule has 2 heterocycles. The first kappa shape index (κ1) is 20.4. The summed E-state index contributed by atoms with van der Waals surface area (Å²) in [4.78, 5) is 26.9. The predicted molar refractivity (Wildman–Crippen MR) is 117 cm³/mol. The number of halogens is 1. The van der Waals surface area contributed by atoms with Crippen molar-refractivity contribution in [3.05, 3.63) is 88.0 Å². The molecule has 1 saturated heterocycles. The minimum absolute atomic E-state index is 0.0190. The number of hydrogen-bond acceptors (Lipinski definition) is 4. The fourth-order valence-corrected chi connectivity index (χ4v) is 3.80. The van der Waals surface area contributed by atoms with E-state index in [-0.39, 0.29) is 29.9 Å². The normalized spacial score (nSPS) is 13.5. The molecule has 0 spiro atoms. The van der Waals surface area contributed by atoms with Gasteiger partial charge < -0.3 is 14.8 Å².